The van der Waals surface area contributed by atoms with Crippen molar-refractivity contribution in [1.29, 1.82) is 0 Å². The Labute approximate surface area is 88.7 Å². The van der Waals surface area contributed by atoms with Gasteiger partial charge < -0.3 is 10.8 Å². The molecule has 1 aliphatic rings. The Morgan fingerprint density at radius 1 is 1.29 bits per heavy atom. The molecule has 14 heavy (non-hydrogen) atoms. The van der Waals surface area contributed by atoms with Crippen LogP contribution >= 0.6 is 11.6 Å². The molecule has 0 heterocycles. The van der Waals surface area contributed by atoms with Crippen LogP contribution in [0.4, 0.5) is 0 Å². The Balaban J connectivity index is 2.09. The van der Waals surface area contributed by atoms with Gasteiger partial charge in [-0.15, -0.1) is 0 Å². The van der Waals surface area contributed by atoms with Crippen molar-refractivity contribution in [2.24, 2.45) is 11.7 Å². The van der Waals surface area contributed by atoms with Gasteiger partial charge in [-0.2, -0.15) is 0 Å². The molecule has 2 rings (SSSR count). The SMILES string of the molecule is NC(c1ccc(Cl)cc1)C(O)C1CC1. The molecule has 0 radical (unpaired) electrons. The fraction of sp³-hybridized carbons (Fsp3) is 0.455. The van der Waals surface area contributed by atoms with E-state index in [4.69, 9.17) is 17.3 Å². The molecule has 3 N–H and O–H groups in total. The van der Waals surface area contributed by atoms with E-state index in [1.165, 1.54) is 0 Å². The van der Waals surface area contributed by atoms with Crippen LogP contribution in [-0.4, -0.2) is 11.2 Å². The topological polar surface area (TPSA) is 46.2 Å². The minimum absolute atomic E-state index is 0.278. The minimum Gasteiger partial charge on any atom is -0.391 e. The second-order valence-corrected chi connectivity index (χ2v) is 4.34. The first-order chi connectivity index (χ1) is 6.68. The first-order valence-corrected chi connectivity index (χ1v) is 5.25. The zero-order valence-electron chi connectivity index (χ0n) is 7.86. The summed E-state index contributed by atoms with van der Waals surface area (Å²) in [5, 5.41) is 10.5. The van der Waals surface area contributed by atoms with Crippen LogP contribution in [0.25, 0.3) is 0 Å². The molecule has 2 nitrogen and oxygen atoms in total. The van der Waals surface area contributed by atoms with Crippen LogP contribution in [-0.2, 0) is 0 Å². The van der Waals surface area contributed by atoms with Gasteiger partial charge in [0, 0.05) is 5.02 Å². The fourth-order valence-electron chi connectivity index (χ4n) is 1.61. The van der Waals surface area contributed by atoms with Gasteiger partial charge in [-0.3, -0.25) is 0 Å². The number of hydrogen-bond acceptors (Lipinski definition) is 2. The lowest BCUT2D eigenvalue weighted by Gasteiger charge is -2.18. The van der Waals surface area contributed by atoms with E-state index in [1.54, 1.807) is 12.1 Å². The van der Waals surface area contributed by atoms with Gasteiger partial charge in [-0.25, -0.2) is 0 Å². The summed E-state index contributed by atoms with van der Waals surface area (Å²) in [7, 11) is 0. The van der Waals surface area contributed by atoms with Crippen molar-refractivity contribution in [3.63, 3.8) is 0 Å². The van der Waals surface area contributed by atoms with Gasteiger partial charge in [0.05, 0.1) is 12.1 Å². The highest BCUT2D eigenvalue weighted by Crippen LogP contribution is 2.37. The molecular formula is C11H14ClNO. The highest BCUT2D eigenvalue weighted by atomic mass is 35.5. The Bertz CT molecular complexity index is 308. The lowest BCUT2D eigenvalue weighted by atomic mass is 9.99. The van der Waals surface area contributed by atoms with Crippen molar-refractivity contribution >= 4 is 11.6 Å². The predicted octanol–water partition coefficient (Wildman–Crippen LogP) is 2.11. The summed E-state index contributed by atoms with van der Waals surface area (Å²) in [4.78, 5) is 0. The van der Waals surface area contributed by atoms with E-state index in [1.807, 2.05) is 12.1 Å². The molecule has 2 atom stereocenters. The number of rotatable bonds is 3. The summed E-state index contributed by atoms with van der Waals surface area (Å²) in [6.45, 7) is 0. The number of aliphatic hydroxyl groups is 1. The van der Waals surface area contributed by atoms with Gasteiger partial charge in [0.25, 0.3) is 0 Å². The fourth-order valence-corrected chi connectivity index (χ4v) is 1.74. The molecule has 1 fully saturated rings. The Kier molecular flexibility index (Phi) is 2.77. The summed E-state index contributed by atoms with van der Waals surface area (Å²) in [6, 6.07) is 7.07. The van der Waals surface area contributed by atoms with Crippen molar-refractivity contribution in [3.05, 3.63) is 34.9 Å². The van der Waals surface area contributed by atoms with E-state index in [9.17, 15) is 5.11 Å². The molecule has 0 aromatic heterocycles. The smallest absolute Gasteiger partial charge is 0.0760 e. The van der Waals surface area contributed by atoms with Gasteiger partial charge in [-0.1, -0.05) is 23.7 Å². The molecule has 76 valence electrons. The van der Waals surface area contributed by atoms with Gasteiger partial charge >= 0.3 is 0 Å². The number of halogens is 1. The minimum atomic E-state index is -0.406. The molecule has 3 heteroatoms. The van der Waals surface area contributed by atoms with Crippen LogP contribution < -0.4 is 5.73 Å². The van der Waals surface area contributed by atoms with Gasteiger partial charge in [0.1, 0.15) is 0 Å². The monoisotopic (exact) mass is 211 g/mol. The highest BCUT2D eigenvalue weighted by Gasteiger charge is 2.34. The number of nitrogens with two attached hydrogens (primary N) is 1. The van der Waals surface area contributed by atoms with Crippen LogP contribution in [0, 0.1) is 5.92 Å². The molecule has 2 unspecified atom stereocenters. The molecule has 0 saturated heterocycles. The third-order valence-electron chi connectivity index (χ3n) is 2.73. The lowest BCUT2D eigenvalue weighted by Crippen LogP contribution is -2.27. The Morgan fingerprint density at radius 2 is 1.86 bits per heavy atom. The van der Waals surface area contributed by atoms with Gasteiger partial charge in [-0.05, 0) is 36.5 Å². The Hall–Kier alpha value is -0.570. The van der Waals surface area contributed by atoms with Crippen LogP contribution in [0.3, 0.4) is 0 Å². The second kappa shape index (κ2) is 3.89. The second-order valence-electron chi connectivity index (χ2n) is 3.91. The zero-order chi connectivity index (χ0) is 10.1. The largest absolute Gasteiger partial charge is 0.391 e. The molecule has 1 aromatic rings. The summed E-state index contributed by atoms with van der Waals surface area (Å²) in [5.74, 6) is 0.403. The molecule has 0 bridgehead atoms. The highest BCUT2D eigenvalue weighted by molar-refractivity contribution is 6.30. The van der Waals surface area contributed by atoms with Gasteiger partial charge in [0.15, 0.2) is 0 Å². The normalized spacial score (nSPS) is 20.5. The summed E-state index contributed by atoms with van der Waals surface area (Å²) >= 11 is 5.77. The van der Waals surface area contributed by atoms with Crippen molar-refractivity contribution in [2.45, 2.75) is 25.0 Å². The molecule has 0 aliphatic heterocycles. The van der Waals surface area contributed by atoms with Crippen molar-refractivity contribution < 1.29 is 5.11 Å². The van der Waals surface area contributed by atoms with E-state index in [0.717, 1.165) is 18.4 Å². The number of aliphatic hydroxyl groups excluding tert-OH is 1. The maximum Gasteiger partial charge on any atom is 0.0760 e. The molecule has 1 saturated carbocycles. The van der Waals surface area contributed by atoms with Crippen LogP contribution in [0.5, 0.6) is 0 Å². The summed E-state index contributed by atoms with van der Waals surface area (Å²) in [6.07, 6.45) is 1.79. The summed E-state index contributed by atoms with van der Waals surface area (Å²) < 4.78 is 0. The van der Waals surface area contributed by atoms with E-state index >= 15 is 0 Å². The average Bonchev–Trinajstić information content (AvgIpc) is 3.00. The van der Waals surface area contributed by atoms with Gasteiger partial charge in [0.2, 0.25) is 0 Å². The third kappa shape index (κ3) is 2.08. The first-order valence-electron chi connectivity index (χ1n) is 4.87. The van der Waals surface area contributed by atoms with Crippen molar-refractivity contribution in [1.82, 2.24) is 0 Å². The predicted molar refractivity (Wildman–Crippen MR) is 57.1 cm³/mol. The number of benzene rings is 1. The Morgan fingerprint density at radius 3 is 2.36 bits per heavy atom. The molecular weight excluding hydrogens is 198 g/mol. The molecule has 1 aromatic carbocycles. The van der Waals surface area contributed by atoms with Crippen LogP contribution in [0.15, 0.2) is 24.3 Å². The first kappa shape index (κ1) is 9.97. The quantitative estimate of drug-likeness (QED) is 0.805. The lowest BCUT2D eigenvalue weighted by molar-refractivity contribution is 0.122. The average molecular weight is 212 g/mol. The van der Waals surface area contributed by atoms with E-state index in [2.05, 4.69) is 0 Å². The van der Waals surface area contributed by atoms with Crippen LogP contribution in [0.1, 0.15) is 24.4 Å². The van der Waals surface area contributed by atoms with E-state index in [0.29, 0.717) is 10.9 Å². The molecule has 0 amide bonds. The van der Waals surface area contributed by atoms with Crippen molar-refractivity contribution in [3.8, 4) is 0 Å². The maximum atomic E-state index is 9.82. The zero-order valence-corrected chi connectivity index (χ0v) is 8.61. The van der Waals surface area contributed by atoms with Crippen molar-refractivity contribution in [2.75, 3.05) is 0 Å². The number of hydrogen-bond donors (Lipinski definition) is 2. The van der Waals surface area contributed by atoms with E-state index in [-0.39, 0.29) is 6.04 Å². The van der Waals surface area contributed by atoms with E-state index < -0.39 is 6.10 Å². The third-order valence-corrected chi connectivity index (χ3v) is 2.98. The van der Waals surface area contributed by atoms with Crippen LogP contribution in [0.2, 0.25) is 5.02 Å². The standard InChI is InChI=1S/C11H14ClNO/c12-9-5-3-7(4-6-9)10(13)11(14)8-1-2-8/h3-6,8,10-11,14H,1-2,13H2. The summed E-state index contributed by atoms with van der Waals surface area (Å²) in [5.41, 5.74) is 6.89. The molecule has 1 aliphatic carbocycles. The maximum absolute atomic E-state index is 9.82. The molecule has 0 spiro atoms.